The van der Waals surface area contributed by atoms with E-state index in [1.54, 1.807) is 0 Å². The molecule has 1 unspecified atom stereocenters. The Balaban J connectivity index is 1.93. The molecule has 1 aromatic heterocycles. The number of carbonyl (C=O) groups excluding carboxylic acids is 3. The van der Waals surface area contributed by atoms with Crippen molar-refractivity contribution < 1.29 is 29.4 Å². The van der Waals surface area contributed by atoms with Gasteiger partial charge in [-0.3, -0.25) is 9.59 Å². The van der Waals surface area contributed by atoms with Gasteiger partial charge < -0.3 is 25.7 Å². The molecule has 120 valence electrons. The molecule has 2 amide bonds. The highest BCUT2D eigenvalue weighted by molar-refractivity contribution is 5.88. The van der Waals surface area contributed by atoms with Gasteiger partial charge in [0.15, 0.2) is 0 Å². The van der Waals surface area contributed by atoms with Crippen molar-refractivity contribution in [3.8, 4) is 11.8 Å². The molecule has 2 heterocycles. The molecule has 1 saturated heterocycles. The highest BCUT2D eigenvalue weighted by Crippen LogP contribution is 2.20. The molecule has 1 fully saturated rings. The normalized spacial score (nSPS) is 15.8. The van der Waals surface area contributed by atoms with Gasteiger partial charge in [0.05, 0.1) is 6.42 Å². The molecule has 4 N–H and O–H groups in total. The molecule has 1 aliphatic rings. The van der Waals surface area contributed by atoms with Crippen molar-refractivity contribution in [2.75, 3.05) is 6.54 Å². The molecule has 22 heavy (non-hydrogen) atoms. The van der Waals surface area contributed by atoms with Gasteiger partial charge >= 0.3 is 5.97 Å². The number of likely N-dealkylation sites (tertiary alicyclic amines) is 1. The Morgan fingerprint density at radius 2 is 1.95 bits per heavy atom. The third kappa shape index (κ3) is 3.30. The SMILES string of the molecule is NC(=O)C(CCC(=O)On1c(O)ccc1O)N1CCCC1=O. The van der Waals surface area contributed by atoms with E-state index in [1.807, 2.05) is 0 Å². The van der Waals surface area contributed by atoms with Gasteiger partial charge in [0.2, 0.25) is 23.6 Å². The fourth-order valence-electron chi connectivity index (χ4n) is 2.35. The van der Waals surface area contributed by atoms with E-state index in [0.29, 0.717) is 24.1 Å². The predicted octanol–water partition coefficient (Wildman–Crippen LogP) is -0.889. The van der Waals surface area contributed by atoms with Gasteiger partial charge in [0, 0.05) is 25.1 Å². The molecule has 0 aliphatic carbocycles. The van der Waals surface area contributed by atoms with Crippen LogP contribution in [0.3, 0.4) is 0 Å². The van der Waals surface area contributed by atoms with Gasteiger partial charge in [-0.2, -0.15) is 0 Å². The first-order chi connectivity index (χ1) is 10.4. The standard InChI is InChI=1S/C13H17N3O6/c14-13(21)8(15-7-1-2-9(15)17)3-6-12(20)22-16-10(18)4-5-11(16)19/h4-5,8,18-19H,1-3,6-7H2,(H2,14,21). The van der Waals surface area contributed by atoms with E-state index in [9.17, 15) is 24.6 Å². The molecule has 0 spiro atoms. The Bertz CT molecular complexity index is 577. The van der Waals surface area contributed by atoms with Crippen LogP contribution in [0.25, 0.3) is 0 Å². The number of hydrogen-bond acceptors (Lipinski definition) is 6. The summed E-state index contributed by atoms with van der Waals surface area (Å²) >= 11 is 0. The highest BCUT2D eigenvalue weighted by Gasteiger charge is 2.32. The second kappa shape index (κ2) is 6.37. The number of primary amides is 1. The number of aromatic hydroxyl groups is 2. The lowest BCUT2D eigenvalue weighted by Gasteiger charge is -2.24. The Kier molecular flexibility index (Phi) is 4.54. The first-order valence-corrected chi connectivity index (χ1v) is 6.79. The van der Waals surface area contributed by atoms with Crippen molar-refractivity contribution in [1.29, 1.82) is 0 Å². The number of rotatable bonds is 6. The van der Waals surface area contributed by atoms with E-state index in [4.69, 9.17) is 10.6 Å². The maximum Gasteiger partial charge on any atom is 0.333 e. The summed E-state index contributed by atoms with van der Waals surface area (Å²) < 4.78 is 0.558. The molecule has 0 aromatic carbocycles. The lowest BCUT2D eigenvalue weighted by molar-refractivity contribution is -0.146. The molecule has 2 rings (SSSR count). The summed E-state index contributed by atoms with van der Waals surface area (Å²) in [6.07, 6.45) is 0.828. The zero-order valence-corrected chi connectivity index (χ0v) is 11.8. The third-order valence-corrected chi connectivity index (χ3v) is 3.43. The topological polar surface area (TPSA) is 135 Å². The summed E-state index contributed by atoms with van der Waals surface area (Å²) in [6, 6.07) is 1.43. The first-order valence-electron chi connectivity index (χ1n) is 6.79. The van der Waals surface area contributed by atoms with Crippen LogP contribution in [0.4, 0.5) is 0 Å². The van der Waals surface area contributed by atoms with Crippen LogP contribution in [0.1, 0.15) is 25.7 Å². The second-order valence-corrected chi connectivity index (χ2v) is 4.95. The van der Waals surface area contributed by atoms with Crippen molar-refractivity contribution in [3.05, 3.63) is 12.1 Å². The van der Waals surface area contributed by atoms with E-state index in [1.165, 1.54) is 4.90 Å². The van der Waals surface area contributed by atoms with Gasteiger partial charge in [0.25, 0.3) is 0 Å². The fraction of sp³-hybridized carbons (Fsp3) is 0.462. The van der Waals surface area contributed by atoms with Crippen LogP contribution in [0.5, 0.6) is 11.8 Å². The van der Waals surface area contributed by atoms with Crippen molar-refractivity contribution in [2.24, 2.45) is 5.73 Å². The zero-order chi connectivity index (χ0) is 16.3. The van der Waals surface area contributed by atoms with Crippen LogP contribution in [0, 0.1) is 0 Å². The number of amides is 2. The highest BCUT2D eigenvalue weighted by atomic mass is 16.7. The maximum atomic E-state index is 11.7. The molecule has 1 aliphatic heterocycles. The molecular weight excluding hydrogens is 294 g/mol. The van der Waals surface area contributed by atoms with E-state index >= 15 is 0 Å². The van der Waals surface area contributed by atoms with Crippen molar-refractivity contribution in [3.63, 3.8) is 0 Å². The Morgan fingerprint density at radius 3 is 2.45 bits per heavy atom. The summed E-state index contributed by atoms with van der Waals surface area (Å²) in [5.74, 6) is -2.51. The van der Waals surface area contributed by atoms with E-state index in [-0.39, 0.29) is 18.7 Å². The average molecular weight is 311 g/mol. The van der Waals surface area contributed by atoms with E-state index < -0.39 is 29.7 Å². The Labute approximate surface area is 125 Å². The first kappa shape index (κ1) is 15.7. The molecule has 9 nitrogen and oxygen atoms in total. The van der Waals surface area contributed by atoms with Crippen LogP contribution >= 0.6 is 0 Å². The number of nitrogens with zero attached hydrogens (tertiary/aromatic N) is 2. The monoisotopic (exact) mass is 311 g/mol. The van der Waals surface area contributed by atoms with Crippen LogP contribution in [0.15, 0.2) is 12.1 Å². The fourth-order valence-corrected chi connectivity index (χ4v) is 2.35. The third-order valence-electron chi connectivity index (χ3n) is 3.43. The molecule has 0 radical (unpaired) electrons. The van der Waals surface area contributed by atoms with Gasteiger partial charge in [-0.1, -0.05) is 0 Å². The van der Waals surface area contributed by atoms with Crippen molar-refractivity contribution in [1.82, 2.24) is 9.63 Å². The van der Waals surface area contributed by atoms with Gasteiger partial charge in [-0.25, -0.2) is 4.79 Å². The Morgan fingerprint density at radius 1 is 1.32 bits per heavy atom. The van der Waals surface area contributed by atoms with Gasteiger partial charge in [-0.15, -0.1) is 4.73 Å². The number of aromatic nitrogens is 1. The van der Waals surface area contributed by atoms with Crippen molar-refractivity contribution in [2.45, 2.75) is 31.7 Å². The minimum Gasteiger partial charge on any atom is -0.492 e. The van der Waals surface area contributed by atoms with Crippen molar-refractivity contribution >= 4 is 17.8 Å². The van der Waals surface area contributed by atoms with E-state index in [0.717, 1.165) is 12.1 Å². The smallest absolute Gasteiger partial charge is 0.333 e. The largest absolute Gasteiger partial charge is 0.492 e. The summed E-state index contributed by atoms with van der Waals surface area (Å²) in [5, 5.41) is 18.7. The van der Waals surface area contributed by atoms with Crippen LogP contribution in [-0.4, -0.2) is 50.2 Å². The summed E-state index contributed by atoms with van der Waals surface area (Å²) in [5.41, 5.74) is 5.28. The van der Waals surface area contributed by atoms with Crippen LogP contribution in [0.2, 0.25) is 0 Å². The van der Waals surface area contributed by atoms with Gasteiger partial charge in [0.1, 0.15) is 6.04 Å². The van der Waals surface area contributed by atoms with Crippen LogP contribution in [-0.2, 0) is 14.4 Å². The minimum absolute atomic E-state index is 0.0166. The quantitative estimate of drug-likeness (QED) is 0.624. The second-order valence-electron chi connectivity index (χ2n) is 4.95. The Hall–Kier alpha value is -2.71. The molecule has 0 bridgehead atoms. The molecule has 9 heteroatoms. The van der Waals surface area contributed by atoms with Crippen LogP contribution < -0.4 is 10.6 Å². The van der Waals surface area contributed by atoms with Gasteiger partial charge in [-0.05, 0) is 12.8 Å². The molecule has 1 atom stereocenters. The summed E-state index contributed by atoms with van der Waals surface area (Å²) in [6.45, 7) is 0.431. The zero-order valence-electron chi connectivity index (χ0n) is 11.8. The molecular formula is C13H17N3O6. The summed E-state index contributed by atoms with van der Waals surface area (Å²) in [4.78, 5) is 40.9. The maximum absolute atomic E-state index is 11.7. The average Bonchev–Trinajstić information content (AvgIpc) is 3.00. The number of hydrogen-bond donors (Lipinski definition) is 3. The lowest BCUT2D eigenvalue weighted by atomic mass is 10.1. The molecule has 1 aromatic rings. The number of nitrogens with two attached hydrogens (primary N) is 1. The molecule has 0 saturated carbocycles. The summed E-state index contributed by atoms with van der Waals surface area (Å²) in [7, 11) is 0. The van der Waals surface area contributed by atoms with E-state index in [2.05, 4.69) is 0 Å². The lowest BCUT2D eigenvalue weighted by Crippen LogP contribution is -2.45. The minimum atomic E-state index is -0.866. The number of carbonyl (C=O) groups is 3. The predicted molar refractivity (Wildman–Crippen MR) is 72.5 cm³/mol.